The Morgan fingerprint density at radius 1 is 1.29 bits per heavy atom. The molecule has 1 aromatic heterocycles. The van der Waals surface area contributed by atoms with Crippen molar-refractivity contribution in [3.8, 4) is 0 Å². The average molecular weight is 232 g/mol. The molecule has 17 heavy (non-hydrogen) atoms. The SMILES string of the molecule is CC1=C[C@H](C)[C@H]2CO[C@H](c3ccco3)[C@H]1[C@@H]2C. The van der Waals surface area contributed by atoms with E-state index < -0.39 is 0 Å². The van der Waals surface area contributed by atoms with Crippen LogP contribution in [0.25, 0.3) is 0 Å². The molecule has 2 bridgehead atoms. The number of allylic oxidation sites excluding steroid dienone is 1. The molecule has 1 aliphatic heterocycles. The molecule has 2 nitrogen and oxygen atoms in total. The fraction of sp³-hybridized carbons (Fsp3) is 0.600. The molecule has 2 heteroatoms. The zero-order valence-electron chi connectivity index (χ0n) is 10.7. The molecule has 1 aromatic rings. The van der Waals surface area contributed by atoms with Gasteiger partial charge in [0.05, 0.1) is 12.9 Å². The Morgan fingerprint density at radius 3 is 2.82 bits per heavy atom. The second kappa shape index (κ2) is 4.02. The molecule has 1 fully saturated rings. The summed E-state index contributed by atoms with van der Waals surface area (Å²) in [4.78, 5) is 0. The summed E-state index contributed by atoms with van der Waals surface area (Å²) in [5.74, 6) is 3.44. The minimum atomic E-state index is 0.111. The molecule has 0 amide bonds. The van der Waals surface area contributed by atoms with Gasteiger partial charge in [-0.05, 0) is 36.8 Å². The minimum Gasteiger partial charge on any atom is -0.467 e. The van der Waals surface area contributed by atoms with Crippen LogP contribution in [-0.2, 0) is 4.74 Å². The Hall–Kier alpha value is -1.02. The maximum atomic E-state index is 6.07. The van der Waals surface area contributed by atoms with Gasteiger partial charge in [0.1, 0.15) is 11.9 Å². The van der Waals surface area contributed by atoms with Gasteiger partial charge in [-0.25, -0.2) is 0 Å². The molecule has 92 valence electrons. The molecular weight excluding hydrogens is 212 g/mol. The molecule has 0 aromatic carbocycles. The van der Waals surface area contributed by atoms with Gasteiger partial charge in [0.2, 0.25) is 0 Å². The highest BCUT2D eigenvalue weighted by atomic mass is 16.5. The van der Waals surface area contributed by atoms with E-state index in [0.29, 0.717) is 23.7 Å². The first-order chi connectivity index (χ1) is 8.18. The van der Waals surface area contributed by atoms with Crippen LogP contribution in [-0.4, -0.2) is 6.61 Å². The van der Waals surface area contributed by atoms with Gasteiger partial charge in [-0.3, -0.25) is 0 Å². The lowest BCUT2D eigenvalue weighted by Gasteiger charge is -2.46. The molecule has 5 atom stereocenters. The van der Waals surface area contributed by atoms with Gasteiger partial charge in [0.25, 0.3) is 0 Å². The smallest absolute Gasteiger partial charge is 0.133 e. The summed E-state index contributed by atoms with van der Waals surface area (Å²) in [6.07, 6.45) is 4.27. The molecule has 2 heterocycles. The van der Waals surface area contributed by atoms with Gasteiger partial charge in [0.15, 0.2) is 0 Å². The monoisotopic (exact) mass is 232 g/mol. The molecule has 0 spiro atoms. The first-order valence-electron chi connectivity index (χ1n) is 6.52. The van der Waals surface area contributed by atoms with Crippen LogP contribution in [0.4, 0.5) is 0 Å². The lowest BCUT2D eigenvalue weighted by atomic mass is 9.65. The highest BCUT2D eigenvalue weighted by molar-refractivity contribution is 5.20. The number of hydrogen-bond acceptors (Lipinski definition) is 2. The van der Waals surface area contributed by atoms with E-state index in [-0.39, 0.29) is 6.10 Å². The van der Waals surface area contributed by atoms with E-state index in [2.05, 4.69) is 26.8 Å². The number of furan rings is 1. The quantitative estimate of drug-likeness (QED) is 0.687. The van der Waals surface area contributed by atoms with Gasteiger partial charge < -0.3 is 9.15 Å². The van der Waals surface area contributed by atoms with E-state index in [1.807, 2.05) is 12.1 Å². The van der Waals surface area contributed by atoms with Crippen molar-refractivity contribution < 1.29 is 9.15 Å². The molecular formula is C15H20O2. The Kier molecular flexibility index (Phi) is 2.62. The van der Waals surface area contributed by atoms with Crippen LogP contribution in [0.15, 0.2) is 34.5 Å². The van der Waals surface area contributed by atoms with Crippen LogP contribution in [0.2, 0.25) is 0 Å². The van der Waals surface area contributed by atoms with Crippen molar-refractivity contribution in [2.45, 2.75) is 26.9 Å². The molecule has 0 saturated carbocycles. The van der Waals surface area contributed by atoms with Crippen molar-refractivity contribution in [3.63, 3.8) is 0 Å². The van der Waals surface area contributed by atoms with Crippen molar-refractivity contribution in [2.75, 3.05) is 6.61 Å². The second-order valence-corrected chi connectivity index (χ2v) is 5.59. The zero-order chi connectivity index (χ0) is 12.0. The van der Waals surface area contributed by atoms with Crippen molar-refractivity contribution in [1.82, 2.24) is 0 Å². The van der Waals surface area contributed by atoms with Crippen molar-refractivity contribution >= 4 is 0 Å². The number of rotatable bonds is 1. The van der Waals surface area contributed by atoms with Gasteiger partial charge in [-0.2, -0.15) is 0 Å². The molecule has 1 saturated heterocycles. The second-order valence-electron chi connectivity index (χ2n) is 5.59. The summed E-state index contributed by atoms with van der Waals surface area (Å²) in [6, 6.07) is 3.98. The van der Waals surface area contributed by atoms with Crippen LogP contribution < -0.4 is 0 Å². The van der Waals surface area contributed by atoms with E-state index in [0.717, 1.165) is 12.4 Å². The minimum absolute atomic E-state index is 0.111. The Labute approximate surface area is 103 Å². The number of ether oxygens (including phenoxy) is 1. The Bertz CT molecular complexity index is 418. The normalized spacial score (nSPS) is 41.1. The van der Waals surface area contributed by atoms with E-state index in [9.17, 15) is 0 Å². The molecule has 0 radical (unpaired) electrons. The fourth-order valence-electron chi connectivity index (χ4n) is 3.66. The molecule has 0 unspecified atom stereocenters. The van der Waals surface area contributed by atoms with E-state index >= 15 is 0 Å². The number of hydrogen-bond donors (Lipinski definition) is 0. The summed E-state index contributed by atoms with van der Waals surface area (Å²) in [7, 11) is 0. The summed E-state index contributed by atoms with van der Waals surface area (Å²) in [5, 5.41) is 0. The van der Waals surface area contributed by atoms with Crippen LogP contribution in [0.1, 0.15) is 32.6 Å². The van der Waals surface area contributed by atoms with E-state index in [1.165, 1.54) is 5.57 Å². The molecule has 0 N–H and O–H groups in total. The van der Waals surface area contributed by atoms with Crippen LogP contribution in [0, 0.1) is 23.7 Å². The predicted octanol–water partition coefficient (Wildman–Crippen LogP) is 3.82. The van der Waals surface area contributed by atoms with Gasteiger partial charge in [-0.1, -0.05) is 25.5 Å². The predicted molar refractivity (Wildman–Crippen MR) is 66.5 cm³/mol. The number of fused-ring (bicyclic) bond motifs is 2. The van der Waals surface area contributed by atoms with Crippen molar-refractivity contribution in [1.29, 1.82) is 0 Å². The average Bonchev–Trinajstić information content (AvgIpc) is 2.78. The third-order valence-corrected chi connectivity index (χ3v) is 4.59. The van der Waals surface area contributed by atoms with Gasteiger partial charge >= 0.3 is 0 Å². The maximum Gasteiger partial charge on any atom is 0.133 e. The highest BCUT2D eigenvalue weighted by Gasteiger charge is 2.44. The van der Waals surface area contributed by atoms with E-state index in [1.54, 1.807) is 6.26 Å². The third-order valence-electron chi connectivity index (χ3n) is 4.59. The zero-order valence-corrected chi connectivity index (χ0v) is 10.7. The Balaban J connectivity index is 1.97. The summed E-state index contributed by atoms with van der Waals surface area (Å²) in [5.41, 5.74) is 1.46. The maximum absolute atomic E-state index is 6.07. The fourth-order valence-corrected chi connectivity index (χ4v) is 3.66. The lowest BCUT2D eigenvalue weighted by Crippen LogP contribution is -2.42. The van der Waals surface area contributed by atoms with Crippen LogP contribution >= 0.6 is 0 Å². The topological polar surface area (TPSA) is 22.4 Å². The van der Waals surface area contributed by atoms with Crippen molar-refractivity contribution in [2.24, 2.45) is 23.7 Å². The molecule has 1 aliphatic carbocycles. The highest BCUT2D eigenvalue weighted by Crippen LogP contribution is 2.49. The molecule has 2 aliphatic rings. The standard InChI is InChI=1S/C15H20O2/c1-9-7-10(2)14-11(3)12(9)8-17-15(14)13-5-4-6-16-13/h4-7,9,11-12,14-15H,8H2,1-3H3/t9-,11+,12+,14+,15+/m0/s1. The Morgan fingerprint density at radius 2 is 2.12 bits per heavy atom. The largest absolute Gasteiger partial charge is 0.467 e. The summed E-state index contributed by atoms with van der Waals surface area (Å²) >= 11 is 0. The molecule has 3 rings (SSSR count). The van der Waals surface area contributed by atoms with Gasteiger partial charge in [0, 0.05) is 5.92 Å². The van der Waals surface area contributed by atoms with Crippen LogP contribution in [0.5, 0.6) is 0 Å². The van der Waals surface area contributed by atoms with Crippen molar-refractivity contribution in [3.05, 3.63) is 35.8 Å². The first kappa shape index (κ1) is 11.1. The first-order valence-corrected chi connectivity index (χ1v) is 6.52. The third kappa shape index (κ3) is 1.66. The summed E-state index contributed by atoms with van der Waals surface area (Å²) < 4.78 is 11.6. The van der Waals surface area contributed by atoms with Gasteiger partial charge in [-0.15, -0.1) is 0 Å². The lowest BCUT2D eigenvalue weighted by molar-refractivity contribution is -0.101. The summed E-state index contributed by atoms with van der Waals surface area (Å²) in [6.45, 7) is 7.75. The van der Waals surface area contributed by atoms with E-state index in [4.69, 9.17) is 9.15 Å². The van der Waals surface area contributed by atoms with Crippen LogP contribution in [0.3, 0.4) is 0 Å².